The molecule has 0 bridgehead atoms. The van der Waals surface area contributed by atoms with Crippen LogP contribution in [0.4, 0.5) is 11.5 Å². The average molecular weight is 266 g/mol. The van der Waals surface area contributed by atoms with E-state index in [9.17, 15) is 0 Å². The molecule has 1 aromatic rings. The minimum absolute atomic E-state index is 0.0602. The maximum Gasteiger partial charge on any atom is 0.148 e. The molecule has 1 aliphatic heterocycles. The highest BCUT2D eigenvalue weighted by molar-refractivity contribution is 5.65. The zero-order valence-electron chi connectivity index (χ0n) is 12.5. The third-order valence-corrected chi connectivity index (χ3v) is 3.65. The van der Waals surface area contributed by atoms with Crippen molar-refractivity contribution in [1.82, 2.24) is 9.78 Å². The Morgan fingerprint density at radius 2 is 2.26 bits per heavy atom. The number of aryl methyl sites for hydroxylation is 2. The summed E-state index contributed by atoms with van der Waals surface area (Å²) in [5.41, 5.74) is 7.76. The molecular weight excluding hydrogens is 240 g/mol. The van der Waals surface area contributed by atoms with Crippen LogP contribution in [0.1, 0.15) is 45.7 Å². The second-order valence-electron chi connectivity index (χ2n) is 6.01. The summed E-state index contributed by atoms with van der Waals surface area (Å²) >= 11 is 0. The molecule has 1 aromatic heterocycles. The van der Waals surface area contributed by atoms with Gasteiger partial charge >= 0.3 is 0 Å². The largest absolute Gasteiger partial charge is 0.394 e. The van der Waals surface area contributed by atoms with Gasteiger partial charge in [-0.25, -0.2) is 4.68 Å². The molecule has 1 aliphatic rings. The number of ether oxygens (including phenoxy) is 1. The summed E-state index contributed by atoms with van der Waals surface area (Å²) in [4.78, 5) is 0. The van der Waals surface area contributed by atoms with E-state index in [1.165, 1.54) is 0 Å². The second-order valence-corrected chi connectivity index (χ2v) is 6.01. The van der Waals surface area contributed by atoms with Gasteiger partial charge in [-0.05, 0) is 40.0 Å². The minimum Gasteiger partial charge on any atom is -0.394 e. The summed E-state index contributed by atoms with van der Waals surface area (Å²) in [5, 5.41) is 8.07. The van der Waals surface area contributed by atoms with Crippen LogP contribution in [0.25, 0.3) is 0 Å². The lowest BCUT2D eigenvalue weighted by Crippen LogP contribution is -2.40. The van der Waals surface area contributed by atoms with E-state index in [4.69, 9.17) is 10.5 Å². The quantitative estimate of drug-likeness (QED) is 0.879. The van der Waals surface area contributed by atoms with E-state index in [1.54, 1.807) is 0 Å². The Morgan fingerprint density at radius 3 is 2.89 bits per heavy atom. The lowest BCUT2D eigenvalue weighted by atomic mass is 9.94. The van der Waals surface area contributed by atoms with Crippen LogP contribution < -0.4 is 11.1 Å². The van der Waals surface area contributed by atoms with E-state index in [0.29, 0.717) is 6.04 Å². The number of nitrogens with one attached hydrogen (secondary N) is 1. The van der Waals surface area contributed by atoms with Gasteiger partial charge in [0.2, 0.25) is 0 Å². The molecule has 0 saturated carbocycles. The molecule has 1 fully saturated rings. The lowest BCUT2D eigenvalue weighted by Gasteiger charge is -2.36. The first-order valence-electron chi connectivity index (χ1n) is 7.16. The fraction of sp³-hybridized carbons (Fsp3) is 0.786. The molecule has 0 spiro atoms. The third kappa shape index (κ3) is 3.21. The molecule has 0 aromatic carbocycles. The van der Waals surface area contributed by atoms with Crippen molar-refractivity contribution in [3.05, 3.63) is 5.69 Å². The fourth-order valence-corrected chi connectivity index (χ4v) is 2.67. The molecule has 2 heterocycles. The first kappa shape index (κ1) is 14.2. The van der Waals surface area contributed by atoms with E-state index in [-0.39, 0.29) is 5.60 Å². The van der Waals surface area contributed by atoms with Crippen LogP contribution in [0.2, 0.25) is 0 Å². The molecule has 3 N–H and O–H groups in total. The Kier molecular flexibility index (Phi) is 4.04. The van der Waals surface area contributed by atoms with E-state index in [0.717, 1.165) is 49.6 Å². The highest BCUT2D eigenvalue weighted by Gasteiger charge is 2.29. The molecule has 1 atom stereocenters. The summed E-state index contributed by atoms with van der Waals surface area (Å²) in [7, 11) is 0. The predicted molar refractivity (Wildman–Crippen MR) is 78.3 cm³/mol. The maximum atomic E-state index is 6.14. The molecule has 108 valence electrons. The van der Waals surface area contributed by atoms with Crippen molar-refractivity contribution in [1.29, 1.82) is 0 Å². The van der Waals surface area contributed by atoms with E-state index in [1.807, 2.05) is 11.6 Å². The number of nitrogen functional groups attached to an aromatic ring is 1. The van der Waals surface area contributed by atoms with Crippen molar-refractivity contribution in [2.75, 3.05) is 17.7 Å². The van der Waals surface area contributed by atoms with Crippen LogP contribution in [0.3, 0.4) is 0 Å². The Balaban J connectivity index is 2.14. The van der Waals surface area contributed by atoms with E-state index < -0.39 is 0 Å². The highest BCUT2D eigenvalue weighted by atomic mass is 16.5. The summed E-state index contributed by atoms with van der Waals surface area (Å²) in [6, 6.07) is 0.401. The third-order valence-electron chi connectivity index (χ3n) is 3.65. The number of hydrogen-bond acceptors (Lipinski definition) is 4. The normalized spacial score (nSPS) is 22.4. The van der Waals surface area contributed by atoms with Crippen molar-refractivity contribution in [2.45, 2.75) is 65.1 Å². The van der Waals surface area contributed by atoms with Gasteiger partial charge in [0.25, 0.3) is 0 Å². The van der Waals surface area contributed by atoms with Gasteiger partial charge in [-0.1, -0.05) is 6.92 Å². The van der Waals surface area contributed by atoms with Crippen LogP contribution in [0, 0.1) is 6.92 Å². The SMILES string of the molecule is CCCn1nc(C)c(N)c1NC1CCOC(C)(C)C1. The molecule has 5 heteroatoms. The smallest absolute Gasteiger partial charge is 0.148 e. The van der Waals surface area contributed by atoms with Crippen molar-refractivity contribution in [3.63, 3.8) is 0 Å². The van der Waals surface area contributed by atoms with Crippen LogP contribution in [0.15, 0.2) is 0 Å². The Hall–Kier alpha value is -1.23. The molecule has 1 unspecified atom stereocenters. The number of hydrogen-bond donors (Lipinski definition) is 2. The lowest BCUT2D eigenvalue weighted by molar-refractivity contribution is -0.0553. The predicted octanol–water partition coefficient (Wildman–Crippen LogP) is 2.55. The van der Waals surface area contributed by atoms with E-state index >= 15 is 0 Å². The van der Waals surface area contributed by atoms with Gasteiger partial charge in [-0.15, -0.1) is 0 Å². The van der Waals surface area contributed by atoms with Crippen molar-refractivity contribution >= 4 is 11.5 Å². The molecule has 2 rings (SSSR count). The van der Waals surface area contributed by atoms with Gasteiger partial charge in [0.1, 0.15) is 5.82 Å². The van der Waals surface area contributed by atoms with Gasteiger partial charge in [0.15, 0.2) is 0 Å². The molecule has 19 heavy (non-hydrogen) atoms. The maximum absolute atomic E-state index is 6.14. The summed E-state index contributed by atoms with van der Waals surface area (Å²) < 4.78 is 7.75. The van der Waals surface area contributed by atoms with Crippen LogP contribution in [-0.4, -0.2) is 28.0 Å². The Morgan fingerprint density at radius 1 is 1.53 bits per heavy atom. The number of rotatable bonds is 4. The van der Waals surface area contributed by atoms with E-state index in [2.05, 4.69) is 31.2 Å². The molecule has 1 saturated heterocycles. The highest BCUT2D eigenvalue weighted by Crippen LogP contribution is 2.29. The van der Waals surface area contributed by atoms with Gasteiger partial charge < -0.3 is 15.8 Å². The molecular formula is C14H26N4O. The zero-order valence-corrected chi connectivity index (χ0v) is 12.5. The average Bonchev–Trinajstić information content (AvgIpc) is 2.56. The summed E-state index contributed by atoms with van der Waals surface area (Å²) in [6.45, 7) is 10.1. The monoisotopic (exact) mass is 266 g/mol. The van der Waals surface area contributed by atoms with Crippen LogP contribution in [-0.2, 0) is 11.3 Å². The Labute approximate surface area is 115 Å². The minimum atomic E-state index is -0.0602. The van der Waals surface area contributed by atoms with Crippen molar-refractivity contribution < 1.29 is 4.74 Å². The van der Waals surface area contributed by atoms with Crippen molar-refractivity contribution in [2.24, 2.45) is 0 Å². The zero-order chi connectivity index (χ0) is 14.0. The molecule has 0 radical (unpaired) electrons. The van der Waals surface area contributed by atoms with Gasteiger partial charge in [0.05, 0.1) is 17.0 Å². The van der Waals surface area contributed by atoms with Crippen LogP contribution in [0.5, 0.6) is 0 Å². The second kappa shape index (κ2) is 5.41. The topological polar surface area (TPSA) is 65.1 Å². The van der Waals surface area contributed by atoms with Gasteiger partial charge in [-0.3, -0.25) is 0 Å². The molecule has 5 nitrogen and oxygen atoms in total. The van der Waals surface area contributed by atoms with Crippen LogP contribution >= 0.6 is 0 Å². The molecule has 0 aliphatic carbocycles. The van der Waals surface area contributed by atoms with Crippen molar-refractivity contribution in [3.8, 4) is 0 Å². The number of nitrogens with two attached hydrogens (primary N) is 1. The first-order valence-corrected chi connectivity index (χ1v) is 7.16. The number of aromatic nitrogens is 2. The van der Waals surface area contributed by atoms with Gasteiger partial charge in [-0.2, -0.15) is 5.10 Å². The standard InChI is InChI=1S/C14H26N4O/c1-5-7-18-13(12(15)10(2)17-18)16-11-6-8-19-14(3,4)9-11/h11,16H,5-9,15H2,1-4H3. The first-order chi connectivity index (χ1) is 8.93. The Bertz CT molecular complexity index is 439. The van der Waals surface area contributed by atoms with Gasteiger partial charge in [0, 0.05) is 19.2 Å². The number of nitrogens with zero attached hydrogens (tertiary/aromatic N) is 2. The fourth-order valence-electron chi connectivity index (χ4n) is 2.67. The number of anilines is 2. The molecule has 0 amide bonds. The summed E-state index contributed by atoms with van der Waals surface area (Å²) in [6.07, 6.45) is 3.05. The summed E-state index contributed by atoms with van der Waals surface area (Å²) in [5.74, 6) is 0.974.